The van der Waals surface area contributed by atoms with Gasteiger partial charge in [-0.05, 0) is 36.6 Å². The van der Waals surface area contributed by atoms with Gasteiger partial charge in [-0.15, -0.1) is 11.3 Å². The molecule has 1 N–H and O–H groups in total. The summed E-state index contributed by atoms with van der Waals surface area (Å²) in [7, 11) is -3.46. The molecule has 2 aromatic rings. The predicted molar refractivity (Wildman–Crippen MR) is 107 cm³/mol. The van der Waals surface area contributed by atoms with Gasteiger partial charge in [-0.25, -0.2) is 18.1 Å². The fourth-order valence-corrected chi connectivity index (χ4v) is 4.93. The number of nitrogens with zero attached hydrogens (tertiary/aromatic N) is 2. The van der Waals surface area contributed by atoms with Crippen molar-refractivity contribution in [2.24, 2.45) is 0 Å². The molecule has 1 atom stereocenters. The lowest BCUT2D eigenvalue weighted by molar-refractivity contribution is -0.127. The minimum Gasteiger partial charge on any atom is -0.338 e. The summed E-state index contributed by atoms with van der Waals surface area (Å²) in [5.41, 5.74) is 0.785. The van der Waals surface area contributed by atoms with Crippen molar-refractivity contribution >= 4 is 33.3 Å². The Kier molecular flexibility index (Phi) is 6.41. The van der Waals surface area contributed by atoms with Crippen LogP contribution < -0.4 is 4.72 Å². The number of hydrogen-bond acceptors (Lipinski definition) is 5. The summed E-state index contributed by atoms with van der Waals surface area (Å²) in [5.74, 6) is 0.284. The van der Waals surface area contributed by atoms with Crippen LogP contribution in [0.3, 0.4) is 0 Å². The number of carbonyl (C=O) groups is 1. The van der Waals surface area contributed by atoms with Crippen LogP contribution in [-0.2, 0) is 14.8 Å². The Morgan fingerprint density at radius 1 is 1.37 bits per heavy atom. The van der Waals surface area contributed by atoms with Crippen molar-refractivity contribution in [3.8, 4) is 0 Å². The number of benzene rings is 1. The number of sulfonamides is 1. The third-order valence-corrected chi connectivity index (χ3v) is 6.98. The highest BCUT2D eigenvalue weighted by Gasteiger charge is 2.25. The van der Waals surface area contributed by atoms with E-state index >= 15 is 0 Å². The number of rotatable bonds is 6. The zero-order valence-electron chi connectivity index (χ0n) is 15.2. The molecule has 0 saturated carbocycles. The number of amides is 1. The normalized spacial score (nSPS) is 18.1. The molecule has 8 heteroatoms. The van der Waals surface area contributed by atoms with E-state index in [0.29, 0.717) is 19.0 Å². The first-order valence-electron chi connectivity index (χ1n) is 8.95. The van der Waals surface area contributed by atoms with Gasteiger partial charge in [0.25, 0.3) is 0 Å². The van der Waals surface area contributed by atoms with E-state index < -0.39 is 10.0 Å². The summed E-state index contributed by atoms with van der Waals surface area (Å²) in [6, 6.07) is 6.48. The molecule has 1 fully saturated rings. The second-order valence-corrected chi connectivity index (χ2v) is 9.09. The monoisotopic (exact) mass is 405 g/mol. The van der Waals surface area contributed by atoms with E-state index in [1.807, 2.05) is 10.3 Å². The van der Waals surface area contributed by atoms with Crippen molar-refractivity contribution in [3.63, 3.8) is 0 Å². The third kappa shape index (κ3) is 5.03. The van der Waals surface area contributed by atoms with E-state index in [4.69, 9.17) is 0 Å². The van der Waals surface area contributed by atoms with E-state index in [2.05, 4.69) is 9.71 Å². The molecule has 0 bridgehead atoms. The number of aromatic nitrogens is 1. The highest BCUT2D eigenvalue weighted by atomic mass is 32.2. The Hall–Kier alpha value is -2.03. The van der Waals surface area contributed by atoms with Gasteiger partial charge in [-0.3, -0.25) is 4.79 Å². The first-order chi connectivity index (χ1) is 13.0. The van der Waals surface area contributed by atoms with E-state index in [-0.39, 0.29) is 10.8 Å². The molecule has 0 spiro atoms. The van der Waals surface area contributed by atoms with Crippen molar-refractivity contribution in [1.82, 2.24) is 14.6 Å². The maximum atomic E-state index is 12.5. The lowest BCUT2D eigenvalue weighted by Crippen LogP contribution is -2.38. The zero-order valence-corrected chi connectivity index (χ0v) is 16.8. The second kappa shape index (κ2) is 8.77. The van der Waals surface area contributed by atoms with Crippen molar-refractivity contribution in [2.45, 2.75) is 30.6 Å². The van der Waals surface area contributed by atoms with E-state index in [9.17, 15) is 13.2 Å². The highest BCUT2D eigenvalue weighted by molar-refractivity contribution is 7.89. The fraction of sp³-hybridized carbons (Fsp3) is 0.368. The molecular weight excluding hydrogens is 382 g/mol. The minimum atomic E-state index is -3.46. The predicted octanol–water partition coefficient (Wildman–Crippen LogP) is 2.86. The lowest BCUT2D eigenvalue weighted by atomic mass is 9.98. The Morgan fingerprint density at radius 2 is 2.15 bits per heavy atom. The van der Waals surface area contributed by atoms with Crippen LogP contribution in [0.1, 0.15) is 36.3 Å². The van der Waals surface area contributed by atoms with Crippen LogP contribution in [0.4, 0.5) is 0 Å². The molecule has 1 unspecified atom stereocenters. The number of piperidine rings is 1. The van der Waals surface area contributed by atoms with Crippen LogP contribution in [0, 0.1) is 0 Å². The average Bonchev–Trinajstić information content (AvgIpc) is 3.21. The Bertz CT molecular complexity index is 891. The first-order valence-corrected chi connectivity index (χ1v) is 11.3. The van der Waals surface area contributed by atoms with Crippen molar-refractivity contribution < 1.29 is 13.2 Å². The molecule has 0 radical (unpaired) electrons. The number of hydrogen-bond donors (Lipinski definition) is 1. The van der Waals surface area contributed by atoms with Gasteiger partial charge in [0.05, 0.1) is 9.90 Å². The topological polar surface area (TPSA) is 79.4 Å². The molecule has 1 aliphatic rings. The third-order valence-electron chi connectivity index (χ3n) is 4.48. The molecule has 1 saturated heterocycles. The quantitative estimate of drug-likeness (QED) is 0.750. The lowest BCUT2D eigenvalue weighted by Gasteiger charge is -2.31. The van der Waals surface area contributed by atoms with Gasteiger partial charge in [-0.2, -0.15) is 0 Å². The second-order valence-electron chi connectivity index (χ2n) is 6.40. The minimum absolute atomic E-state index is 0.0272. The summed E-state index contributed by atoms with van der Waals surface area (Å²) in [6.45, 7) is 3.53. The van der Waals surface area contributed by atoms with E-state index in [1.54, 1.807) is 60.9 Å². The molecule has 3 rings (SSSR count). The molecule has 1 aromatic carbocycles. The zero-order chi connectivity index (χ0) is 19.3. The largest absolute Gasteiger partial charge is 0.338 e. The number of likely N-dealkylation sites (tertiary alicyclic amines) is 1. The summed E-state index contributed by atoms with van der Waals surface area (Å²) < 4.78 is 26.4. The number of thiazole rings is 1. The van der Waals surface area contributed by atoms with Crippen LogP contribution in [0.2, 0.25) is 0 Å². The first kappa shape index (κ1) is 19.7. The van der Waals surface area contributed by atoms with Crippen LogP contribution in [0.25, 0.3) is 6.08 Å². The Labute approximate surface area is 164 Å². The average molecular weight is 406 g/mol. The van der Waals surface area contributed by atoms with E-state index in [1.165, 1.54) is 0 Å². The summed E-state index contributed by atoms with van der Waals surface area (Å²) in [6.07, 6.45) is 7.11. The summed E-state index contributed by atoms with van der Waals surface area (Å²) in [4.78, 5) is 19.0. The molecule has 0 aliphatic carbocycles. The fourth-order valence-electron chi connectivity index (χ4n) is 3.12. The smallest absolute Gasteiger partial charge is 0.246 e. The molecule has 2 heterocycles. The number of nitrogens with one attached hydrogen (secondary N) is 1. The Morgan fingerprint density at radius 3 is 2.81 bits per heavy atom. The molecule has 1 aliphatic heterocycles. The SMILES string of the molecule is CCNS(=O)(=O)c1ccc(/C=C/C(=O)N2CCCC(c3nccs3)C2)cc1. The van der Waals surface area contributed by atoms with Gasteiger partial charge < -0.3 is 4.90 Å². The Balaban J connectivity index is 1.62. The van der Waals surface area contributed by atoms with Crippen LogP contribution in [0.5, 0.6) is 0 Å². The van der Waals surface area contributed by atoms with Crippen LogP contribution >= 0.6 is 11.3 Å². The van der Waals surface area contributed by atoms with Gasteiger partial charge in [0.15, 0.2) is 0 Å². The van der Waals surface area contributed by atoms with Crippen molar-refractivity contribution in [3.05, 3.63) is 52.5 Å². The summed E-state index contributed by atoms with van der Waals surface area (Å²) in [5, 5.41) is 3.06. The van der Waals surface area contributed by atoms with Gasteiger partial charge in [0, 0.05) is 43.2 Å². The molecule has 6 nitrogen and oxygen atoms in total. The maximum Gasteiger partial charge on any atom is 0.246 e. The molecule has 27 heavy (non-hydrogen) atoms. The van der Waals surface area contributed by atoms with Gasteiger partial charge >= 0.3 is 0 Å². The van der Waals surface area contributed by atoms with Crippen LogP contribution in [0.15, 0.2) is 46.8 Å². The maximum absolute atomic E-state index is 12.5. The standard InChI is InChI=1S/C19H23N3O3S2/c1-2-21-27(24,25)17-8-5-15(6-9-17)7-10-18(23)22-12-3-4-16(14-22)19-20-11-13-26-19/h5-11,13,16,21H,2-4,12,14H2,1H3/b10-7+. The molecule has 1 amide bonds. The van der Waals surface area contributed by atoms with Gasteiger partial charge in [0.2, 0.25) is 15.9 Å². The highest BCUT2D eigenvalue weighted by Crippen LogP contribution is 2.28. The number of carbonyl (C=O) groups excluding carboxylic acids is 1. The van der Waals surface area contributed by atoms with Crippen molar-refractivity contribution in [2.75, 3.05) is 19.6 Å². The van der Waals surface area contributed by atoms with Gasteiger partial charge in [-0.1, -0.05) is 19.1 Å². The van der Waals surface area contributed by atoms with Crippen molar-refractivity contribution in [1.29, 1.82) is 0 Å². The van der Waals surface area contributed by atoms with Crippen LogP contribution in [-0.4, -0.2) is 43.8 Å². The van der Waals surface area contributed by atoms with Gasteiger partial charge in [0.1, 0.15) is 0 Å². The molecular formula is C19H23N3O3S2. The summed E-state index contributed by atoms with van der Waals surface area (Å²) >= 11 is 1.64. The van der Waals surface area contributed by atoms with E-state index in [0.717, 1.165) is 30.0 Å². The molecule has 144 valence electrons. The molecule has 1 aromatic heterocycles.